The van der Waals surface area contributed by atoms with E-state index in [0.29, 0.717) is 29.9 Å². The number of anilines is 1. The first-order valence-electron chi connectivity index (χ1n) is 8.65. The Kier molecular flexibility index (Phi) is 7.04. The lowest BCUT2D eigenvalue weighted by atomic mass is 10.0. The topological polar surface area (TPSA) is 75.4 Å². The van der Waals surface area contributed by atoms with Crippen molar-refractivity contribution in [2.75, 3.05) is 18.8 Å². The van der Waals surface area contributed by atoms with Gasteiger partial charge in [0.15, 0.2) is 0 Å². The van der Waals surface area contributed by atoms with Crippen LogP contribution in [0.5, 0.6) is 0 Å². The van der Waals surface area contributed by atoms with Gasteiger partial charge in [0, 0.05) is 35.9 Å². The fourth-order valence-electron chi connectivity index (χ4n) is 3.22. The van der Waals surface area contributed by atoms with E-state index in [1.54, 1.807) is 36.4 Å². The van der Waals surface area contributed by atoms with Crippen molar-refractivity contribution in [3.05, 3.63) is 65.7 Å². The summed E-state index contributed by atoms with van der Waals surface area (Å²) in [5.41, 5.74) is 7.61. The Morgan fingerprint density at radius 2 is 1.77 bits per heavy atom. The van der Waals surface area contributed by atoms with Crippen LogP contribution in [0.2, 0.25) is 0 Å². The molecule has 1 unspecified atom stereocenters. The Morgan fingerprint density at radius 3 is 2.50 bits per heavy atom. The maximum Gasteiger partial charge on any atom is 0.254 e. The van der Waals surface area contributed by atoms with Gasteiger partial charge in [-0.25, -0.2) is 0 Å². The second-order valence-corrected chi connectivity index (χ2v) is 6.35. The van der Waals surface area contributed by atoms with Crippen molar-refractivity contribution < 1.29 is 9.59 Å². The number of rotatable bonds is 4. The summed E-state index contributed by atoms with van der Waals surface area (Å²) in [6, 6.07) is 16.2. The van der Waals surface area contributed by atoms with E-state index in [0.717, 1.165) is 19.3 Å². The number of amides is 2. The van der Waals surface area contributed by atoms with Crippen LogP contribution in [0.3, 0.4) is 0 Å². The molecule has 3 N–H and O–H groups in total. The van der Waals surface area contributed by atoms with Gasteiger partial charge in [-0.05, 0) is 49.6 Å². The molecule has 2 aromatic rings. The SMILES string of the molecule is Cl.Nc1cccc(C(=O)N2CCCCC2CNC(=O)c2ccccc2)c1. The predicted octanol–water partition coefficient (Wildman–Crippen LogP) is 3.12. The number of hydrogen-bond acceptors (Lipinski definition) is 3. The number of nitrogens with two attached hydrogens (primary N) is 1. The maximum absolute atomic E-state index is 12.8. The van der Waals surface area contributed by atoms with Crippen LogP contribution in [0.1, 0.15) is 40.0 Å². The zero-order valence-corrected chi connectivity index (χ0v) is 15.4. The number of likely N-dealkylation sites (tertiary alicyclic amines) is 1. The molecular formula is C20H24ClN3O2. The summed E-state index contributed by atoms with van der Waals surface area (Å²) in [5.74, 6) is -0.131. The van der Waals surface area contributed by atoms with Crippen molar-refractivity contribution >= 4 is 29.9 Å². The van der Waals surface area contributed by atoms with E-state index in [4.69, 9.17) is 5.73 Å². The standard InChI is InChI=1S/C20H23N3O2.ClH/c21-17-10-6-9-16(13-17)20(25)23-12-5-4-11-18(23)14-22-19(24)15-7-2-1-3-8-15;/h1-3,6-10,13,18H,4-5,11-12,14,21H2,(H,22,24);1H. The summed E-state index contributed by atoms with van der Waals surface area (Å²) in [7, 11) is 0. The van der Waals surface area contributed by atoms with Gasteiger partial charge in [0.1, 0.15) is 0 Å². The van der Waals surface area contributed by atoms with Crippen LogP contribution in [0.4, 0.5) is 5.69 Å². The molecule has 1 aliphatic rings. The minimum atomic E-state index is -0.109. The highest BCUT2D eigenvalue weighted by atomic mass is 35.5. The van der Waals surface area contributed by atoms with E-state index in [1.165, 1.54) is 0 Å². The molecule has 0 bridgehead atoms. The van der Waals surface area contributed by atoms with Crippen LogP contribution < -0.4 is 11.1 Å². The zero-order chi connectivity index (χ0) is 17.6. The van der Waals surface area contributed by atoms with E-state index in [1.807, 2.05) is 23.1 Å². The average molecular weight is 374 g/mol. The molecule has 1 saturated heterocycles. The fourth-order valence-corrected chi connectivity index (χ4v) is 3.22. The smallest absolute Gasteiger partial charge is 0.254 e. The molecule has 1 fully saturated rings. The second-order valence-electron chi connectivity index (χ2n) is 6.35. The molecule has 0 aromatic heterocycles. The molecule has 0 saturated carbocycles. The summed E-state index contributed by atoms with van der Waals surface area (Å²) >= 11 is 0. The molecule has 1 aliphatic heterocycles. The maximum atomic E-state index is 12.8. The third-order valence-electron chi connectivity index (χ3n) is 4.56. The van der Waals surface area contributed by atoms with Gasteiger partial charge in [0.25, 0.3) is 11.8 Å². The number of halogens is 1. The normalized spacial score (nSPS) is 16.5. The Bertz CT molecular complexity index is 752. The Balaban J connectivity index is 0.00000243. The third-order valence-corrected chi connectivity index (χ3v) is 4.56. The van der Waals surface area contributed by atoms with Gasteiger partial charge in [-0.15, -0.1) is 12.4 Å². The molecule has 2 amide bonds. The molecule has 0 radical (unpaired) electrons. The summed E-state index contributed by atoms with van der Waals surface area (Å²) < 4.78 is 0. The third kappa shape index (κ3) is 4.76. The monoisotopic (exact) mass is 373 g/mol. The van der Waals surface area contributed by atoms with Gasteiger partial charge >= 0.3 is 0 Å². The molecular weight excluding hydrogens is 350 g/mol. The minimum Gasteiger partial charge on any atom is -0.399 e. The minimum absolute atomic E-state index is 0. The first-order chi connectivity index (χ1) is 12.1. The van der Waals surface area contributed by atoms with Crippen LogP contribution >= 0.6 is 12.4 Å². The molecule has 6 heteroatoms. The summed E-state index contributed by atoms with van der Waals surface area (Å²) in [4.78, 5) is 26.9. The van der Waals surface area contributed by atoms with Gasteiger partial charge in [0.2, 0.25) is 0 Å². The number of nitrogen functional groups attached to an aromatic ring is 1. The number of benzene rings is 2. The van der Waals surface area contributed by atoms with E-state index in [9.17, 15) is 9.59 Å². The molecule has 0 aliphatic carbocycles. The highest BCUT2D eigenvalue weighted by molar-refractivity contribution is 5.96. The van der Waals surface area contributed by atoms with Crippen molar-refractivity contribution in [3.63, 3.8) is 0 Å². The molecule has 2 aromatic carbocycles. The van der Waals surface area contributed by atoms with Crippen molar-refractivity contribution in [1.82, 2.24) is 10.2 Å². The van der Waals surface area contributed by atoms with Crippen molar-refractivity contribution in [1.29, 1.82) is 0 Å². The summed E-state index contributed by atoms with van der Waals surface area (Å²) in [6.45, 7) is 1.17. The highest BCUT2D eigenvalue weighted by Crippen LogP contribution is 2.20. The van der Waals surface area contributed by atoms with Crippen LogP contribution in [-0.4, -0.2) is 35.8 Å². The van der Waals surface area contributed by atoms with Crippen molar-refractivity contribution in [2.24, 2.45) is 0 Å². The number of nitrogens with zero attached hydrogens (tertiary/aromatic N) is 1. The Labute approximate surface area is 160 Å². The molecule has 1 heterocycles. The lowest BCUT2D eigenvalue weighted by Gasteiger charge is -2.36. The zero-order valence-electron chi connectivity index (χ0n) is 14.6. The van der Waals surface area contributed by atoms with E-state index in [-0.39, 0.29) is 30.3 Å². The van der Waals surface area contributed by atoms with E-state index in [2.05, 4.69) is 5.32 Å². The van der Waals surface area contributed by atoms with Gasteiger partial charge in [0.05, 0.1) is 0 Å². The van der Waals surface area contributed by atoms with Gasteiger partial charge in [-0.1, -0.05) is 24.3 Å². The largest absolute Gasteiger partial charge is 0.399 e. The number of carbonyl (C=O) groups is 2. The quantitative estimate of drug-likeness (QED) is 0.808. The van der Waals surface area contributed by atoms with Gasteiger partial charge < -0.3 is 16.0 Å². The van der Waals surface area contributed by atoms with Gasteiger partial charge in [-0.2, -0.15) is 0 Å². The molecule has 1 atom stereocenters. The Morgan fingerprint density at radius 1 is 1.04 bits per heavy atom. The fraction of sp³-hybridized carbons (Fsp3) is 0.300. The molecule has 26 heavy (non-hydrogen) atoms. The van der Waals surface area contributed by atoms with Crippen molar-refractivity contribution in [2.45, 2.75) is 25.3 Å². The van der Waals surface area contributed by atoms with Crippen LogP contribution in [0.25, 0.3) is 0 Å². The number of carbonyl (C=O) groups excluding carboxylic acids is 2. The van der Waals surface area contributed by atoms with Gasteiger partial charge in [-0.3, -0.25) is 9.59 Å². The lowest BCUT2D eigenvalue weighted by Crippen LogP contribution is -2.49. The summed E-state index contributed by atoms with van der Waals surface area (Å²) in [5, 5.41) is 2.96. The number of hydrogen-bond donors (Lipinski definition) is 2. The molecule has 138 valence electrons. The average Bonchev–Trinajstić information content (AvgIpc) is 2.66. The first kappa shape index (κ1) is 19.8. The Hall–Kier alpha value is -2.53. The van der Waals surface area contributed by atoms with Crippen LogP contribution in [0, 0.1) is 0 Å². The van der Waals surface area contributed by atoms with Crippen LogP contribution in [0.15, 0.2) is 54.6 Å². The number of nitrogens with one attached hydrogen (secondary N) is 1. The number of piperidine rings is 1. The lowest BCUT2D eigenvalue weighted by molar-refractivity contribution is 0.0602. The molecule has 0 spiro atoms. The summed E-state index contributed by atoms with van der Waals surface area (Å²) in [6.07, 6.45) is 2.94. The van der Waals surface area contributed by atoms with Crippen LogP contribution in [-0.2, 0) is 0 Å². The predicted molar refractivity (Wildman–Crippen MR) is 106 cm³/mol. The molecule has 3 rings (SSSR count). The van der Waals surface area contributed by atoms with E-state index >= 15 is 0 Å². The van der Waals surface area contributed by atoms with Crippen molar-refractivity contribution in [3.8, 4) is 0 Å². The first-order valence-corrected chi connectivity index (χ1v) is 8.65. The highest BCUT2D eigenvalue weighted by Gasteiger charge is 2.27. The second kappa shape index (κ2) is 9.25. The molecule has 5 nitrogen and oxygen atoms in total. The van der Waals surface area contributed by atoms with E-state index < -0.39 is 0 Å².